The maximum absolute atomic E-state index is 5.83. The average Bonchev–Trinajstić information content (AvgIpc) is 2.90. The summed E-state index contributed by atoms with van der Waals surface area (Å²) in [6.07, 6.45) is 6.51. The lowest BCUT2D eigenvalue weighted by atomic mass is 9.95. The summed E-state index contributed by atoms with van der Waals surface area (Å²) in [5.41, 5.74) is 2.42. The van der Waals surface area contributed by atoms with Gasteiger partial charge in [-0.05, 0) is 37.8 Å². The third-order valence-corrected chi connectivity index (χ3v) is 3.78. The summed E-state index contributed by atoms with van der Waals surface area (Å²) in [4.78, 5) is 4.30. The SMILES string of the molecule is Cc1ncccc1CNC1CC2CCC1O2. The van der Waals surface area contributed by atoms with Crippen molar-refractivity contribution in [2.45, 2.75) is 51.0 Å². The molecule has 3 nitrogen and oxygen atoms in total. The predicted octanol–water partition coefficient (Wildman–Crippen LogP) is 1.80. The highest BCUT2D eigenvalue weighted by molar-refractivity contribution is 5.18. The van der Waals surface area contributed by atoms with Crippen LogP contribution in [0.1, 0.15) is 30.5 Å². The minimum absolute atomic E-state index is 0.460. The summed E-state index contributed by atoms with van der Waals surface area (Å²) in [6.45, 7) is 2.98. The molecule has 1 aromatic heterocycles. The van der Waals surface area contributed by atoms with E-state index in [9.17, 15) is 0 Å². The first-order valence-electron chi connectivity index (χ1n) is 6.12. The van der Waals surface area contributed by atoms with Crippen molar-refractivity contribution in [3.05, 3.63) is 29.6 Å². The van der Waals surface area contributed by atoms with E-state index in [1.54, 1.807) is 0 Å². The minimum Gasteiger partial charge on any atom is -0.373 e. The van der Waals surface area contributed by atoms with Gasteiger partial charge in [0.2, 0.25) is 0 Å². The van der Waals surface area contributed by atoms with Crippen molar-refractivity contribution in [2.24, 2.45) is 0 Å². The van der Waals surface area contributed by atoms with E-state index in [1.165, 1.54) is 24.8 Å². The van der Waals surface area contributed by atoms with E-state index in [4.69, 9.17) is 4.74 Å². The molecule has 3 atom stereocenters. The van der Waals surface area contributed by atoms with Crippen LogP contribution in [0.5, 0.6) is 0 Å². The molecule has 2 saturated heterocycles. The van der Waals surface area contributed by atoms with Gasteiger partial charge in [-0.25, -0.2) is 0 Å². The van der Waals surface area contributed by atoms with E-state index in [0.717, 1.165) is 12.2 Å². The Balaban J connectivity index is 1.59. The highest BCUT2D eigenvalue weighted by Crippen LogP contribution is 2.34. The second kappa shape index (κ2) is 4.15. The van der Waals surface area contributed by atoms with Crippen LogP contribution < -0.4 is 5.32 Å². The Morgan fingerprint density at radius 3 is 3.12 bits per heavy atom. The quantitative estimate of drug-likeness (QED) is 0.840. The second-order valence-corrected chi connectivity index (χ2v) is 4.84. The number of nitrogens with one attached hydrogen (secondary N) is 1. The summed E-state index contributed by atoms with van der Waals surface area (Å²) in [7, 11) is 0. The first kappa shape index (κ1) is 10.2. The topological polar surface area (TPSA) is 34.2 Å². The molecule has 3 unspecified atom stereocenters. The molecule has 16 heavy (non-hydrogen) atoms. The Kier molecular flexibility index (Phi) is 2.65. The van der Waals surface area contributed by atoms with Crippen LogP contribution in [0.15, 0.2) is 18.3 Å². The minimum atomic E-state index is 0.460. The van der Waals surface area contributed by atoms with E-state index in [1.807, 2.05) is 12.3 Å². The summed E-state index contributed by atoms with van der Waals surface area (Å²) in [6, 6.07) is 4.70. The van der Waals surface area contributed by atoms with Gasteiger partial charge in [0, 0.05) is 24.5 Å². The van der Waals surface area contributed by atoms with E-state index >= 15 is 0 Å². The van der Waals surface area contributed by atoms with Gasteiger partial charge in [0.1, 0.15) is 0 Å². The van der Waals surface area contributed by atoms with Crippen LogP contribution >= 0.6 is 0 Å². The fourth-order valence-corrected chi connectivity index (χ4v) is 2.80. The molecule has 3 rings (SSSR count). The fourth-order valence-electron chi connectivity index (χ4n) is 2.80. The normalized spacial score (nSPS) is 32.2. The third-order valence-electron chi connectivity index (χ3n) is 3.78. The standard InChI is InChI=1S/C13H18N2O/c1-9-10(3-2-6-14-9)8-15-12-7-11-4-5-13(12)16-11/h2-3,6,11-13,15H,4-5,7-8H2,1H3. The molecule has 1 aromatic rings. The number of ether oxygens (including phenoxy) is 1. The van der Waals surface area contributed by atoms with Gasteiger partial charge in [-0.1, -0.05) is 6.07 Å². The van der Waals surface area contributed by atoms with Gasteiger partial charge in [-0.15, -0.1) is 0 Å². The lowest BCUT2D eigenvalue weighted by Crippen LogP contribution is -2.37. The first-order chi connectivity index (χ1) is 7.83. The van der Waals surface area contributed by atoms with Gasteiger partial charge in [-0.3, -0.25) is 4.98 Å². The Morgan fingerprint density at radius 2 is 2.44 bits per heavy atom. The number of fused-ring (bicyclic) bond motifs is 2. The van der Waals surface area contributed by atoms with Gasteiger partial charge in [-0.2, -0.15) is 0 Å². The molecule has 2 aliphatic rings. The smallest absolute Gasteiger partial charge is 0.0733 e. The molecular formula is C13H18N2O. The van der Waals surface area contributed by atoms with E-state index in [0.29, 0.717) is 18.2 Å². The van der Waals surface area contributed by atoms with Crippen molar-refractivity contribution in [3.63, 3.8) is 0 Å². The van der Waals surface area contributed by atoms with Crippen LogP contribution in [0.2, 0.25) is 0 Å². The first-order valence-corrected chi connectivity index (χ1v) is 6.12. The van der Waals surface area contributed by atoms with Crippen molar-refractivity contribution in [2.75, 3.05) is 0 Å². The van der Waals surface area contributed by atoms with Gasteiger partial charge >= 0.3 is 0 Å². The zero-order valence-corrected chi connectivity index (χ0v) is 9.65. The zero-order valence-electron chi connectivity index (χ0n) is 9.65. The predicted molar refractivity (Wildman–Crippen MR) is 62.1 cm³/mol. The zero-order chi connectivity index (χ0) is 11.0. The lowest BCUT2D eigenvalue weighted by Gasteiger charge is -2.20. The number of hydrogen-bond acceptors (Lipinski definition) is 3. The molecule has 3 heteroatoms. The van der Waals surface area contributed by atoms with E-state index in [-0.39, 0.29) is 0 Å². The Hall–Kier alpha value is -0.930. The van der Waals surface area contributed by atoms with Crippen molar-refractivity contribution in [1.82, 2.24) is 10.3 Å². The van der Waals surface area contributed by atoms with Crippen LogP contribution in [0.4, 0.5) is 0 Å². The fraction of sp³-hybridized carbons (Fsp3) is 0.615. The monoisotopic (exact) mass is 218 g/mol. The van der Waals surface area contributed by atoms with Crippen LogP contribution in [-0.4, -0.2) is 23.2 Å². The molecular weight excluding hydrogens is 200 g/mol. The molecule has 0 aromatic carbocycles. The largest absolute Gasteiger partial charge is 0.373 e. The molecule has 0 radical (unpaired) electrons. The van der Waals surface area contributed by atoms with Crippen molar-refractivity contribution < 1.29 is 4.74 Å². The second-order valence-electron chi connectivity index (χ2n) is 4.84. The lowest BCUT2D eigenvalue weighted by molar-refractivity contribution is 0.0973. The van der Waals surface area contributed by atoms with Crippen molar-refractivity contribution in [1.29, 1.82) is 0 Å². The van der Waals surface area contributed by atoms with Crippen LogP contribution in [-0.2, 0) is 11.3 Å². The van der Waals surface area contributed by atoms with Crippen LogP contribution in [0.25, 0.3) is 0 Å². The molecule has 2 fully saturated rings. The summed E-state index contributed by atoms with van der Waals surface area (Å²) >= 11 is 0. The molecule has 0 saturated carbocycles. The maximum atomic E-state index is 5.83. The number of nitrogens with zero attached hydrogens (tertiary/aromatic N) is 1. The number of pyridine rings is 1. The Labute approximate surface area is 96.2 Å². The highest BCUT2D eigenvalue weighted by Gasteiger charge is 2.40. The van der Waals surface area contributed by atoms with Crippen molar-refractivity contribution >= 4 is 0 Å². The summed E-state index contributed by atoms with van der Waals surface area (Å²) in [5.74, 6) is 0. The molecule has 2 bridgehead atoms. The summed E-state index contributed by atoms with van der Waals surface area (Å²) < 4.78 is 5.83. The molecule has 86 valence electrons. The maximum Gasteiger partial charge on any atom is 0.0733 e. The molecule has 1 N–H and O–H groups in total. The van der Waals surface area contributed by atoms with Crippen molar-refractivity contribution in [3.8, 4) is 0 Å². The van der Waals surface area contributed by atoms with E-state index < -0.39 is 0 Å². The third kappa shape index (κ3) is 1.85. The number of hydrogen-bond donors (Lipinski definition) is 1. The van der Waals surface area contributed by atoms with Gasteiger partial charge in [0.15, 0.2) is 0 Å². The molecule has 0 aliphatic carbocycles. The Bertz CT molecular complexity index is 380. The Morgan fingerprint density at radius 1 is 1.50 bits per heavy atom. The van der Waals surface area contributed by atoms with Crippen LogP contribution in [0.3, 0.4) is 0 Å². The van der Waals surface area contributed by atoms with Gasteiger partial charge in [0.25, 0.3) is 0 Å². The van der Waals surface area contributed by atoms with Crippen LogP contribution in [0, 0.1) is 6.92 Å². The van der Waals surface area contributed by atoms with Gasteiger partial charge < -0.3 is 10.1 Å². The molecule has 0 amide bonds. The molecule has 0 spiro atoms. The molecule has 3 heterocycles. The average molecular weight is 218 g/mol. The van der Waals surface area contributed by atoms with Gasteiger partial charge in [0.05, 0.1) is 12.2 Å². The highest BCUT2D eigenvalue weighted by atomic mass is 16.5. The molecule has 2 aliphatic heterocycles. The number of rotatable bonds is 3. The van der Waals surface area contributed by atoms with E-state index in [2.05, 4.69) is 23.3 Å². The number of aromatic nitrogens is 1. The summed E-state index contributed by atoms with van der Waals surface area (Å²) in [5, 5.41) is 3.61. The number of aryl methyl sites for hydroxylation is 1.